The van der Waals surface area contributed by atoms with E-state index in [0.717, 1.165) is 31.2 Å². The smallest absolute Gasteiger partial charge is 0.195 e. The number of hydrogen-bond acceptors (Lipinski definition) is 2. The van der Waals surface area contributed by atoms with Gasteiger partial charge in [0.2, 0.25) is 0 Å². The SMILES string of the molecule is CN(CCN=C(N(C)C)N(C)C)Cc1ccc(F)cc1. The number of likely N-dealkylation sites (N-methyl/N-ethyl adjacent to an activating group) is 1. The van der Waals surface area contributed by atoms with Crippen molar-refractivity contribution < 1.29 is 4.39 Å². The number of aliphatic imine (C=N–C) groups is 1. The van der Waals surface area contributed by atoms with E-state index in [-0.39, 0.29) is 5.82 Å². The van der Waals surface area contributed by atoms with E-state index in [1.165, 1.54) is 12.1 Å². The quantitative estimate of drug-likeness (QED) is 0.606. The number of hydrogen-bond donors (Lipinski definition) is 0. The van der Waals surface area contributed by atoms with Crippen LogP contribution in [-0.4, -0.2) is 69.0 Å². The molecule has 0 fully saturated rings. The van der Waals surface area contributed by atoms with Crippen molar-refractivity contribution in [3.05, 3.63) is 35.6 Å². The first-order chi connectivity index (χ1) is 9.40. The largest absolute Gasteiger partial charge is 0.349 e. The van der Waals surface area contributed by atoms with Crippen LogP contribution in [0.15, 0.2) is 29.3 Å². The van der Waals surface area contributed by atoms with E-state index in [2.05, 4.69) is 9.89 Å². The molecule has 0 heterocycles. The van der Waals surface area contributed by atoms with Crippen molar-refractivity contribution in [2.75, 3.05) is 48.3 Å². The molecule has 0 aliphatic carbocycles. The normalized spacial score (nSPS) is 10.6. The molecule has 0 saturated carbocycles. The molecule has 0 unspecified atom stereocenters. The summed E-state index contributed by atoms with van der Waals surface area (Å²) < 4.78 is 12.8. The molecule has 0 radical (unpaired) electrons. The summed E-state index contributed by atoms with van der Waals surface area (Å²) in [5.74, 6) is 0.766. The summed E-state index contributed by atoms with van der Waals surface area (Å²) >= 11 is 0. The van der Waals surface area contributed by atoms with Crippen LogP contribution in [-0.2, 0) is 6.54 Å². The summed E-state index contributed by atoms with van der Waals surface area (Å²) in [5.41, 5.74) is 1.11. The highest BCUT2D eigenvalue weighted by Crippen LogP contribution is 2.05. The Bertz CT molecular complexity index is 416. The molecule has 1 aromatic carbocycles. The van der Waals surface area contributed by atoms with Gasteiger partial charge < -0.3 is 14.7 Å². The molecule has 0 bridgehead atoms. The fraction of sp³-hybridized carbons (Fsp3) is 0.533. The van der Waals surface area contributed by atoms with Gasteiger partial charge in [0.05, 0.1) is 6.54 Å². The molecular formula is C15H25FN4. The van der Waals surface area contributed by atoms with Gasteiger partial charge in [-0.25, -0.2) is 4.39 Å². The highest BCUT2D eigenvalue weighted by molar-refractivity contribution is 5.79. The lowest BCUT2D eigenvalue weighted by Gasteiger charge is -2.23. The Labute approximate surface area is 121 Å². The second-order valence-electron chi connectivity index (χ2n) is 5.33. The van der Waals surface area contributed by atoms with E-state index in [1.807, 2.05) is 57.2 Å². The van der Waals surface area contributed by atoms with E-state index in [9.17, 15) is 4.39 Å². The highest BCUT2D eigenvalue weighted by atomic mass is 19.1. The first-order valence-electron chi connectivity index (χ1n) is 6.72. The summed E-state index contributed by atoms with van der Waals surface area (Å²) in [7, 11) is 9.99. The zero-order chi connectivity index (χ0) is 15.1. The van der Waals surface area contributed by atoms with Crippen molar-refractivity contribution in [1.29, 1.82) is 0 Å². The van der Waals surface area contributed by atoms with Gasteiger partial charge in [-0.3, -0.25) is 4.99 Å². The monoisotopic (exact) mass is 280 g/mol. The average molecular weight is 280 g/mol. The van der Waals surface area contributed by atoms with E-state index in [0.29, 0.717) is 0 Å². The fourth-order valence-electron chi connectivity index (χ4n) is 1.98. The summed E-state index contributed by atoms with van der Waals surface area (Å²) in [5, 5.41) is 0. The van der Waals surface area contributed by atoms with Gasteiger partial charge in [-0.1, -0.05) is 12.1 Å². The zero-order valence-electron chi connectivity index (χ0n) is 13.1. The van der Waals surface area contributed by atoms with Gasteiger partial charge in [-0.2, -0.15) is 0 Å². The molecule has 0 aromatic heterocycles. The molecule has 0 spiro atoms. The minimum absolute atomic E-state index is 0.192. The number of halogens is 1. The van der Waals surface area contributed by atoms with Crippen LogP contribution in [0.4, 0.5) is 4.39 Å². The average Bonchev–Trinajstić information content (AvgIpc) is 2.36. The third-order valence-corrected chi connectivity index (χ3v) is 2.90. The van der Waals surface area contributed by atoms with Gasteiger partial charge in [0.1, 0.15) is 5.82 Å². The van der Waals surface area contributed by atoms with Gasteiger partial charge in [-0.15, -0.1) is 0 Å². The lowest BCUT2D eigenvalue weighted by Crippen LogP contribution is -2.36. The lowest BCUT2D eigenvalue weighted by atomic mass is 10.2. The third kappa shape index (κ3) is 5.57. The van der Waals surface area contributed by atoms with E-state index in [1.54, 1.807) is 0 Å². The summed E-state index contributed by atoms with van der Waals surface area (Å²) in [6.45, 7) is 2.40. The maximum absolute atomic E-state index is 12.8. The molecule has 5 heteroatoms. The molecule has 0 aliphatic heterocycles. The maximum Gasteiger partial charge on any atom is 0.195 e. The van der Waals surface area contributed by atoms with Crippen LogP contribution in [0.25, 0.3) is 0 Å². The molecule has 0 N–H and O–H groups in total. The minimum Gasteiger partial charge on any atom is -0.349 e. The fourth-order valence-corrected chi connectivity index (χ4v) is 1.98. The number of guanidine groups is 1. The van der Waals surface area contributed by atoms with Crippen LogP contribution in [0.3, 0.4) is 0 Å². The van der Waals surface area contributed by atoms with Crippen molar-refractivity contribution in [1.82, 2.24) is 14.7 Å². The second kappa shape index (κ2) is 7.85. The van der Waals surface area contributed by atoms with E-state index >= 15 is 0 Å². The molecule has 20 heavy (non-hydrogen) atoms. The van der Waals surface area contributed by atoms with E-state index in [4.69, 9.17) is 0 Å². The van der Waals surface area contributed by atoms with Crippen LogP contribution < -0.4 is 0 Å². The van der Waals surface area contributed by atoms with Crippen molar-refractivity contribution >= 4 is 5.96 Å². The molecule has 0 atom stereocenters. The molecule has 0 amide bonds. The Morgan fingerprint density at radius 1 is 1.00 bits per heavy atom. The van der Waals surface area contributed by atoms with Crippen LogP contribution in [0, 0.1) is 5.82 Å². The predicted octanol–water partition coefficient (Wildman–Crippen LogP) is 1.74. The third-order valence-electron chi connectivity index (χ3n) is 2.90. The Balaban J connectivity index is 2.45. The summed E-state index contributed by atoms with van der Waals surface area (Å²) in [6.07, 6.45) is 0. The predicted molar refractivity (Wildman–Crippen MR) is 82.4 cm³/mol. The first-order valence-corrected chi connectivity index (χ1v) is 6.72. The topological polar surface area (TPSA) is 22.1 Å². The van der Waals surface area contributed by atoms with Crippen molar-refractivity contribution in [2.45, 2.75) is 6.54 Å². The molecule has 1 aromatic rings. The molecule has 4 nitrogen and oxygen atoms in total. The van der Waals surface area contributed by atoms with Gasteiger partial charge in [-0.05, 0) is 24.7 Å². The summed E-state index contributed by atoms with van der Waals surface area (Å²) in [4.78, 5) is 10.8. The van der Waals surface area contributed by atoms with Crippen LogP contribution in [0.5, 0.6) is 0 Å². The summed E-state index contributed by atoms with van der Waals surface area (Å²) in [6, 6.07) is 6.63. The second-order valence-corrected chi connectivity index (χ2v) is 5.33. The Hall–Kier alpha value is -1.62. The molecular weight excluding hydrogens is 255 g/mol. The van der Waals surface area contributed by atoms with Gasteiger partial charge >= 0.3 is 0 Å². The van der Waals surface area contributed by atoms with Crippen LogP contribution in [0.2, 0.25) is 0 Å². The van der Waals surface area contributed by atoms with Gasteiger partial charge in [0.25, 0.3) is 0 Å². The van der Waals surface area contributed by atoms with Crippen LogP contribution >= 0.6 is 0 Å². The molecule has 1 rings (SSSR count). The van der Waals surface area contributed by atoms with Crippen molar-refractivity contribution in [3.8, 4) is 0 Å². The van der Waals surface area contributed by atoms with Gasteiger partial charge in [0.15, 0.2) is 5.96 Å². The molecule has 112 valence electrons. The number of rotatable bonds is 5. The number of nitrogens with zero attached hydrogens (tertiary/aromatic N) is 4. The first kappa shape index (κ1) is 16.4. The van der Waals surface area contributed by atoms with E-state index < -0.39 is 0 Å². The van der Waals surface area contributed by atoms with Crippen LogP contribution in [0.1, 0.15) is 5.56 Å². The Morgan fingerprint density at radius 2 is 1.55 bits per heavy atom. The highest BCUT2D eigenvalue weighted by Gasteiger charge is 2.04. The standard InChI is InChI=1S/C15H25FN4/c1-18(2)15(19(3)4)17-10-11-20(5)12-13-6-8-14(16)9-7-13/h6-9H,10-12H2,1-5H3. The minimum atomic E-state index is -0.192. The van der Waals surface area contributed by atoms with Crippen molar-refractivity contribution in [2.24, 2.45) is 4.99 Å². The Morgan fingerprint density at radius 3 is 2.05 bits per heavy atom. The zero-order valence-corrected chi connectivity index (χ0v) is 13.1. The van der Waals surface area contributed by atoms with Gasteiger partial charge in [0, 0.05) is 41.3 Å². The molecule has 0 aliphatic rings. The number of benzene rings is 1. The Kier molecular flexibility index (Phi) is 6.45. The molecule has 0 saturated heterocycles. The lowest BCUT2D eigenvalue weighted by molar-refractivity contribution is 0.334. The maximum atomic E-state index is 12.8. The van der Waals surface area contributed by atoms with Crippen molar-refractivity contribution in [3.63, 3.8) is 0 Å².